The van der Waals surface area contributed by atoms with Gasteiger partial charge in [-0.05, 0) is 18.2 Å². The van der Waals surface area contributed by atoms with Gasteiger partial charge >= 0.3 is 5.69 Å². The number of benzene rings is 2. The Hall–Kier alpha value is -3.82. The largest absolute Gasteiger partial charge is 0.493 e. The summed E-state index contributed by atoms with van der Waals surface area (Å²) < 4.78 is 21.5. The van der Waals surface area contributed by atoms with Crippen LogP contribution < -0.4 is 24.4 Å². The van der Waals surface area contributed by atoms with Crippen LogP contribution in [-0.2, 0) is 4.79 Å². The predicted octanol–water partition coefficient (Wildman–Crippen LogP) is 1.90. The Bertz CT molecular complexity index is 897. The van der Waals surface area contributed by atoms with E-state index in [1.54, 1.807) is 18.2 Å². The van der Waals surface area contributed by atoms with Crippen molar-refractivity contribution in [1.29, 1.82) is 0 Å². The molecule has 0 unspecified atom stereocenters. The maximum atomic E-state index is 11.9. The number of nitrogens with one attached hydrogen (secondary N) is 1. The van der Waals surface area contributed by atoms with E-state index in [1.165, 1.54) is 31.5 Å². The molecule has 1 N–H and O–H groups in total. The topological polar surface area (TPSA) is 122 Å². The number of hydrazone groups is 1. The molecule has 1 amide bonds. The minimum atomic E-state index is -0.583. The summed E-state index contributed by atoms with van der Waals surface area (Å²) in [6.07, 6.45) is 1.41. The lowest BCUT2D eigenvalue weighted by Crippen LogP contribution is -2.24. The lowest BCUT2D eigenvalue weighted by molar-refractivity contribution is -0.385. The highest BCUT2D eigenvalue weighted by Gasteiger charge is 2.18. The van der Waals surface area contributed by atoms with Gasteiger partial charge in [0.1, 0.15) is 13.2 Å². The first-order chi connectivity index (χ1) is 13.6. The number of ether oxygens (including phenoxy) is 4. The molecular formula is C18H17N3O7. The minimum absolute atomic E-state index is 0.00296. The number of hydrogen-bond acceptors (Lipinski definition) is 8. The summed E-state index contributed by atoms with van der Waals surface area (Å²) in [6.45, 7) is 0.440. The molecule has 0 saturated carbocycles. The van der Waals surface area contributed by atoms with E-state index in [1.807, 2.05) is 0 Å². The SMILES string of the molecule is COc1cc(/C=N\NC(=O)COc2ccccc2[N+](=O)[O-])cc2c1OCCO2. The second-order valence-corrected chi connectivity index (χ2v) is 5.55. The first-order valence-corrected chi connectivity index (χ1v) is 8.24. The van der Waals surface area contributed by atoms with E-state index in [-0.39, 0.29) is 11.4 Å². The highest BCUT2D eigenvalue weighted by Crippen LogP contribution is 2.39. The predicted molar refractivity (Wildman–Crippen MR) is 98.3 cm³/mol. The smallest absolute Gasteiger partial charge is 0.310 e. The van der Waals surface area contributed by atoms with Crippen LogP contribution in [0, 0.1) is 10.1 Å². The van der Waals surface area contributed by atoms with Gasteiger partial charge in [0.2, 0.25) is 5.75 Å². The Morgan fingerprint density at radius 2 is 2.07 bits per heavy atom. The second-order valence-electron chi connectivity index (χ2n) is 5.55. The van der Waals surface area contributed by atoms with Crippen molar-refractivity contribution < 1.29 is 28.7 Å². The van der Waals surface area contributed by atoms with Gasteiger partial charge in [-0.2, -0.15) is 5.10 Å². The number of methoxy groups -OCH3 is 1. The zero-order valence-electron chi connectivity index (χ0n) is 14.9. The summed E-state index contributed by atoms with van der Waals surface area (Å²) in [5, 5.41) is 14.8. The lowest BCUT2D eigenvalue weighted by atomic mass is 10.2. The first-order valence-electron chi connectivity index (χ1n) is 8.24. The van der Waals surface area contributed by atoms with Crippen LogP contribution in [0.2, 0.25) is 0 Å². The molecule has 0 aliphatic carbocycles. The molecule has 28 heavy (non-hydrogen) atoms. The first kappa shape index (κ1) is 19.0. The average Bonchev–Trinajstić information content (AvgIpc) is 2.71. The number of carbonyl (C=O) groups is 1. The summed E-state index contributed by atoms with van der Waals surface area (Å²) in [5.41, 5.74) is 2.70. The third kappa shape index (κ3) is 4.47. The average molecular weight is 387 g/mol. The Morgan fingerprint density at radius 1 is 1.29 bits per heavy atom. The lowest BCUT2D eigenvalue weighted by Gasteiger charge is -2.20. The highest BCUT2D eigenvalue weighted by atomic mass is 16.6. The molecule has 10 heteroatoms. The third-order valence-corrected chi connectivity index (χ3v) is 3.67. The number of fused-ring (bicyclic) bond motifs is 1. The number of carbonyl (C=O) groups excluding carboxylic acids is 1. The second kappa shape index (κ2) is 8.71. The molecule has 0 fully saturated rings. The van der Waals surface area contributed by atoms with Crippen LogP contribution in [0.4, 0.5) is 5.69 Å². The van der Waals surface area contributed by atoms with Gasteiger partial charge in [0, 0.05) is 11.6 Å². The van der Waals surface area contributed by atoms with E-state index in [9.17, 15) is 14.9 Å². The van der Waals surface area contributed by atoms with Crippen molar-refractivity contribution in [2.24, 2.45) is 5.10 Å². The number of nitro benzene ring substituents is 1. The maximum Gasteiger partial charge on any atom is 0.310 e. The normalized spacial score (nSPS) is 12.5. The fraction of sp³-hybridized carbons (Fsp3) is 0.222. The van der Waals surface area contributed by atoms with Crippen LogP contribution in [0.1, 0.15) is 5.56 Å². The molecule has 0 radical (unpaired) electrons. The van der Waals surface area contributed by atoms with E-state index >= 15 is 0 Å². The van der Waals surface area contributed by atoms with Gasteiger partial charge in [-0.15, -0.1) is 0 Å². The van der Waals surface area contributed by atoms with Gasteiger partial charge in [0.25, 0.3) is 5.91 Å². The number of amides is 1. The molecule has 1 aliphatic rings. The van der Waals surface area contributed by atoms with Crippen LogP contribution >= 0.6 is 0 Å². The molecule has 0 saturated heterocycles. The zero-order chi connectivity index (χ0) is 19.9. The fourth-order valence-corrected chi connectivity index (χ4v) is 2.45. The fourth-order valence-electron chi connectivity index (χ4n) is 2.45. The molecule has 0 spiro atoms. The van der Waals surface area contributed by atoms with Crippen molar-refractivity contribution >= 4 is 17.8 Å². The van der Waals surface area contributed by atoms with Gasteiger partial charge in [0.15, 0.2) is 23.9 Å². The molecule has 1 aliphatic heterocycles. The van der Waals surface area contributed by atoms with Gasteiger partial charge < -0.3 is 18.9 Å². The van der Waals surface area contributed by atoms with Crippen LogP contribution in [0.5, 0.6) is 23.0 Å². The number of para-hydroxylation sites is 2. The van der Waals surface area contributed by atoms with E-state index < -0.39 is 17.4 Å². The third-order valence-electron chi connectivity index (χ3n) is 3.67. The number of hydrogen-bond donors (Lipinski definition) is 1. The Morgan fingerprint density at radius 3 is 2.86 bits per heavy atom. The Kier molecular flexibility index (Phi) is 5.90. The van der Waals surface area contributed by atoms with Crippen LogP contribution in [0.25, 0.3) is 0 Å². The Labute approximate surface area is 159 Å². The van der Waals surface area contributed by atoms with Gasteiger partial charge in [-0.1, -0.05) is 12.1 Å². The summed E-state index contributed by atoms with van der Waals surface area (Å²) in [5.74, 6) is 0.970. The van der Waals surface area contributed by atoms with E-state index in [4.69, 9.17) is 18.9 Å². The molecule has 0 aromatic heterocycles. The van der Waals surface area contributed by atoms with E-state index in [0.29, 0.717) is 36.0 Å². The van der Waals surface area contributed by atoms with Crippen molar-refractivity contribution in [3.8, 4) is 23.0 Å². The van der Waals surface area contributed by atoms with Crippen LogP contribution in [0.15, 0.2) is 41.5 Å². The molecule has 2 aromatic rings. The summed E-state index contributed by atoms with van der Waals surface area (Å²) in [6, 6.07) is 9.19. The molecule has 146 valence electrons. The van der Waals surface area contributed by atoms with Gasteiger partial charge in [-0.25, -0.2) is 5.43 Å². The number of rotatable bonds is 7. The quantitative estimate of drug-likeness (QED) is 0.437. The summed E-state index contributed by atoms with van der Waals surface area (Å²) >= 11 is 0. The number of nitro groups is 1. The minimum Gasteiger partial charge on any atom is -0.493 e. The molecule has 0 atom stereocenters. The molecule has 0 bridgehead atoms. The van der Waals surface area contributed by atoms with Crippen molar-refractivity contribution in [1.82, 2.24) is 5.43 Å². The Balaban J connectivity index is 1.59. The van der Waals surface area contributed by atoms with Gasteiger partial charge in [0.05, 0.1) is 18.2 Å². The maximum absolute atomic E-state index is 11.9. The zero-order valence-corrected chi connectivity index (χ0v) is 14.9. The summed E-state index contributed by atoms with van der Waals surface area (Å²) in [4.78, 5) is 22.2. The molecule has 2 aromatic carbocycles. The highest BCUT2D eigenvalue weighted by molar-refractivity contribution is 5.84. The summed E-state index contributed by atoms with van der Waals surface area (Å²) in [7, 11) is 1.51. The van der Waals surface area contributed by atoms with E-state index in [0.717, 1.165) is 0 Å². The molecular weight excluding hydrogens is 370 g/mol. The molecule has 10 nitrogen and oxygen atoms in total. The number of nitrogens with zero attached hydrogens (tertiary/aromatic N) is 2. The van der Waals surface area contributed by atoms with Gasteiger partial charge in [-0.3, -0.25) is 14.9 Å². The molecule has 3 rings (SSSR count). The van der Waals surface area contributed by atoms with Crippen molar-refractivity contribution in [3.05, 3.63) is 52.1 Å². The van der Waals surface area contributed by atoms with Crippen molar-refractivity contribution in [2.75, 3.05) is 26.9 Å². The van der Waals surface area contributed by atoms with E-state index in [2.05, 4.69) is 10.5 Å². The van der Waals surface area contributed by atoms with Crippen LogP contribution in [-0.4, -0.2) is 44.0 Å². The van der Waals surface area contributed by atoms with Crippen LogP contribution in [0.3, 0.4) is 0 Å². The van der Waals surface area contributed by atoms with Crippen molar-refractivity contribution in [2.45, 2.75) is 0 Å². The monoisotopic (exact) mass is 387 g/mol. The molecule has 1 heterocycles. The standard InChI is InChI=1S/C18H17N3O7/c1-25-15-8-12(9-16-18(15)27-7-6-26-16)10-19-20-17(22)11-28-14-5-3-2-4-13(14)21(23)24/h2-5,8-10H,6-7,11H2,1H3,(H,20,22)/b19-10-. The van der Waals surface area contributed by atoms with Crippen molar-refractivity contribution in [3.63, 3.8) is 0 Å².